The molecule has 2 rings (SSSR count). The lowest BCUT2D eigenvalue weighted by Gasteiger charge is -2.26. The van der Waals surface area contributed by atoms with Crippen LogP contribution in [0.3, 0.4) is 0 Å². The minimum Gasteiger partial charge on any atom is -0.493 e. The fraction of sp³-hybridized carbons (Fsp3) is 0.538. The SMILES string of the molecule is COCC(C)COc1ccc(C(C)(C)c2ccc(OCC(O)COC(C)C)cc2)cc1. The maximum absolute atomic E-state index is 9.94. The molecule has 0 aromatic heterocycles. The maximum atomic E-state index is 9.94. The summed E-state index contributed by atoms with van der Waals surface area (Å²) < 4.78 is 22.1. The molecule has 5 heteroatoms. The third-order valence-electron chi connectivity index (χ3n) is 5.20. The van der Waals surface area contributed by atoms with Crippen molar-refractivity contribution in [1.82, 2.24) is 0 Å². The molecule has 2 aromatic carbocycles. The molecule has 0 aliphatic carbocycles. The second kappa shape index (κ2) is 12.1. The summed E-state index contributed by atoms with van der Waals surface area (Å²) in [6, 6.07) is 16.3. The minimum absolute atomic E-state index is 0.0935. The van der Waals surface area contributed by atoms with Crippen LogP contribution < -0.4 is 9.47 Å². The van der Waals surface area contributed by atoms with E-state index >= 15 is 0 Å². The van der Waals surface area contributed by atoms with Gasteiger partial charge in [-0.3, -0.25) is 0 Å². The molecule has 0 aliphatic rings. The van der Waals surface area contributed by atoms with Crippen LogP contribution in [0.25, 0.3) is 0 Å². The molecule has 2 atom stereocenters. The van der Waals surface area contributed by atoms with Gasteiger partial charge in [0, 0.05) is 18.4 Å². The highest BCUT2D eigenvalue weighted by Gasteiger charge is 2.23. The van der Waals surface area contributed by atoms with Crippen molar-refractivity contribution in [2.75, 3.05) is 33.5 Å². The Balaban J connectivity index is 1.94. The molecule has 0 saturated carbocycles. The molecule has 0 spiro atoms. The van der Waals surface area contributed by atoms with Crippen molar-refractivity contribution < 1.29 is 24.1 Å². The van der Waals surface area contributed by atoms with Gasteiger partial charge < -0.3 is 24.1 Å². The van der Waals surface area contributed by atoms with Crippen molar-refractivity contribution >= 4 is 0 Å². The zero-order valence-corrected chi connectivity index (χ0v) is 19.8. The average molecular weight is 431 g/mol. The summed E-state index contributed by atoms with van der Waals surface area (Å²) in [5.41, 5.74) is 2.23. The third-order valence-corrected chi connectivity index (χ3v) is 5.20. The van der Waals surface area contributed by atoms with Crippen LogP contribution in [0.2, 0.25) is 0 Å². The molecule has 0 radical (unpaired) electrons. The molecule has 0 saturated heterocycles. The lowest BCUT2D eigenvalue weighted by molar-refractivity contribution is -0.0122. The van der Waals surface area contributed by atoms with Crippen molar-refractivity contribution in [2.24, 2.45) is 5.92 Å². The van der Waals surface area contributed by atoms with Gasteiger partial charge in [-0.15, -0.1) is 0 Å². The Morgan fingerprint density at radius 1 is 0.742 bits per heavy atom. The van der Waals surface area contributed by atoms with Gasteiger partial charge in [0.05, 0.1) is 25.9 Å². The van der Waals surface area contributed by atoms with Crippen LogP contribution in [0.1, 0.15) is 45.7 Å². The van der Waals surface area contributed by atoms with Crippen molar-refractivity contribution in [1.29, 1.82) is 0 Å². The van der Waals surface area contributed by atoms with Crippen LogP contribution >= 0.6 is 0 Å². The van der Waals surface area contributed by atoms with Gasteiger partial charge in [-0.05, 0) is 49.2 Å². The Labute approximate surface area is 187 Å². The average Bonchev–Trinajstić information content (AvgIpc) is 2.75. The predicted octanol–water partition coefficient (Wildman–Crippen LogP) is 4.84. The zero-order valence-electron chi connectivity index (χ0n) is 19.8. The highest BCUT2D eigenvalue weighted by atomic mass is 16.5. The standard InChI is InChI=1S/C26H38O5/c1-19(2)29-17-23(27)18-31-25-13-9-22(10-14-25)26(4,5)21-7-11-24(12-8-21)30-16-20(3)15-28-6/h7-14,19-20,23,27H,15-18H2,1-6H3. The molecule has 2 aromatic rings. The Morgan fingerprint density at radius 2 is 1.23 bits per heavy atom. The molecule has 0 amide bonds. The number of benzene rings is 2. The molecule has 1 N–H and O–H groups in total. The molecule has 0 bridgehead atoms. The van der Waals surface area contributed by atoms with E-state index in [1.165, 1.54) is 11.1 Å². The van der Waals surface area contributed by atoms with Gasteiger partial charge in [0.15, 0.2) is 0 Å². The molecule has 0 aliphatic heterocycles. The second-order valence-corrected chi connectivity index (χ2v) is 8.89. The van der Waals surface area contributed by atoms with Gasteiger partial charge >= 0.3 is 0 Å². The van der Waals surface area contributed by atoms with E-state index in [4.69, 9.17) is 18.9 Å². The van der Waals surface area contributed by atoms with Gasteiger partial charge in [-0.2, -0.15) is 0 Å². The lowest BCUT2D eigenvalue weighted by Crippen LogP contribution is -2.25. The van der Waals surface area contributed by atoms with Crippen LogP contribution in [-0.4, -0.2) is 50.9 Å². The first-order chi connectivity index (χ1) is 14.7. The quantitative estimate of drug-likeness (QED) is 0.493. The van der Waals surface area contributed by atoms with Crippen molar-refractivity contribution in [3.05, 3.63) is 59.7 Å². The molecular formula is C26H38O5. The molecule has 2 unspecified atom stereocenters. The number of aliphatic hydroxyl groups excluding tert-OH is 1. The summed E-state index contributed by atoms with van der Waals surface area (Å²) in [6.07, 6.45) is -0.548. The second-order valence-electron chi connectivity index (χ2n) is 8.89. The van der Waals surface area contributed by atoms with Crippen LogP contribution in [0, 0.1) is 5.92 Å². The topological polar surface area (TPSA) is 57.2 Å². The van der Waals surface area contributed by atoms with Gasteiger partial charge in [0.1, 0.15) is 24.2 Å². The van der Waals surface area contributed by atoms with Crippen molar-refractivity contribution in [3.63, 3.8) is 0 Å². The first kappa shape index (κ1) is 25.2. The normalized spacial score (nSPS) is 13.8. The number of methoxy groups -OCH3 is 1. The largest absolute Gasteiger partial charge is 0.493 e. The monoisotopic (exact) mass is 430 g/mol. The van der Waals surface area contributed by atoms with E-state index in [1.54, 1.807) is 7.11 Å². The van der Waals surface area contributed by atoms with Crippen molar-refractivity contribution in [2.45, 2.75) is 52.2 Å². The highest BCUT2D eigenvalue weighted by Crippen LogP contribution is 2.33. The molecule has 0 fully saturated rings. The van der Waals surface area contributed by atoms with Crippen LogP contribution in [0.5, 0.6) is 11.5 Å². The minimum atomic E-state index is -0.642. The summed E-state index contributed by atoms with van der Waals surface area (Å²) in [4.78, 5) is 0. The molecule has 31 heavy (non-hydrogen) atoms. The predicted molar refractivity (Wildman–Crippen MR) is 124 cm³/mol. The first-order valence-corrected chi connectivity index (χ1v) is 11.0. The van der Waals surface area contributed by atoms with Crippen LogP contribution in [0.15, 0.2) is 48.5 Å². The lowest BCUT2D eigenvalue weighted by atomic mass is 9.78. The summed E-state index contributed by atoms with van der Waals surface area (Å²) in [5.74, 6) is 1.95. The van der Waals surface area contributed by atoms with Gasteiger partial charge in [0.25, 0.3) is 0 Å². The molecular weight excluding hydrogens is 392 g/mol. The first-order valence-electron chi connectivity index (χ1n) is 11.0. The number of hydrogen-bond acceptors (Lipinski definition) is 5. The van der Waals surface area contributed by atoms with E-state index < -0.39 is 6.10 Å². The Kier molecular flexibility index (Phi) is 9.82. The summed E-state index contributed by atoms with van der Waals surface area (Å²) in [5, 5.41) is 9.94. The fourth-order valence-electron chi connectivity index (χ4n) is 3.22. The summed E-state index contributed by atoms with van der Waals surface area (Å²) in [7, 11) is 1.71. The van der Waals surface area contributed by atoms with Gasteiger partial charge in [-0.25, -0.2) is 0 Å². The Hall–Kier alpha value is -2.08. The number of rotatable bonds is 13. The van der Waals surface area contributed by atoms with E-state index in [9.17, 15) is 5.11 Å². The van der Waals surface area contributed by atoms with Crippen LogP contribution in [0.4, 0.5) is 0 Å². The number of hydrogen-bond donors (Lipinski definition) is 1. The molecule has 5 nitrogen and oxygen atoms in total. The summed E-state index contributed by atoms with van der Waals surface area (Å²) in [6.45, 7) is 12.2. The van der Waals surface area contributed by atoms with E-state index in [0.29, 0.717) is 19.1 Å². The van der Waals surface area contributed by atoms with Crippen molar-refractivity contribution in [3.8, 4) is 11.5 Å². The smallest absolute Gasteiger partial charge is 0.119 e. The third kappa shape index (κ3) is 8.17. The highest BCUT2D eigenvalue weighted by molar-refractivity contribution is 5.41. The molecule has 172 valence electrons. The van der Waals surface area contributed by atoms with E-state index in [-0.39, 0.29) is 24.7 Å². The Morgan fingerprint density at radius 3 is 1.68 bits per heavy atom. The van der Waals surface area contributed by atoms with E-state index in [2.05, 4.69) is 45.0 Å². The van der Waals surface area contributed by atoms with Crippen LogP contribution in [-0.2, 0) is 14.9 Å². The maximum Gasteiger partial charge on any atom is 0.119 e. The fourth-order valence-corrected chi connectivity index (χ4v) is 3.22. The van der Waals surface area contributed by atoms with Gasteiger partial charge in [0.2, 0.25) is 0 Å². The van der Waals surface area contributed by atoms with E-state index in [1.807, 2.05) is 38.1 Å². The Bertz CT molecular complexity index is 752. The van der Waals surface area contributed by atoms with Gasteiger partial charge in [-0.1, -0.05) is 45.0 Å². The van der Waals surface area contributed by atoms with E-state index in [0.717, 1.165) is 11.5 Å². The molecule has 0 heterocycles. The summed E-state index contributed by atoms with van der Waals surface area (Å²) >= 11 is 0. The number of ether oxygens (including phenoxy) is 4. The number of aliphatic hydroxyl groups is 1. The zero-order chi connectivity index (χ0) is 22.9.